The predicted molar refractivity (Wildman–Crippen MR) is 96.3 cm³/mol. The summed E-state index contributed by atoms with van der Waals surface area (Å²) < 4.78 is 31.1. The molecule has 0 N–H and O–H groups in total. The van der Waals surface area contributed by atoms with E-state index in [0.29, 0.717) is 28.5 Å². The Bertz CT molecular complexity index is 954. The van der Waals surface area contributed by atoms with Gasteiger partial charge in [-0.25, -0.2) is 13.3 Å². The maximum Gasteiger partial charge on any atom is 0.253 e. The molecule has 0 aliphatic heterocycles. The maximum atomic E-state index is 14.7. The van der Waals surface area contributed by atoms with Crippen LogP contribution in [0.25, 0.3) is 16.9 Å². The normalized spacial score (nSPS) is 20.7. The van der Waals surface area contributed by atoms with E-state index < -0.39 is 11.6 Å². The van der Waals surface area contributed by atoms with E-state index in [1.807, 2.05) is 0 Å². The largest absolute Gasteiger partial charge is 0.253 e. The standard InChI is InChI=1S/C19H19ClF2N4/c1-10-3-5-12(6-4-10)17-16(15-13(21)7-11(2)8-14(15)22)18(20)25-19-23-9-24-26(17)19/h7-10,12H,3-6H2,1-2H3. The first-order valence-corrected chi connectivity index (χ1v) is 9.18. The van der Waals surface area contributed by atoms with E-state index in [2.05, 4.69) is 22.0 Å². The number of fused-ring (bicyclic) bond motifs is 1. The number of hydrogen-bond donors (Lipinski definition) is 0. The van der Waals surface area contributed by atoms with Crippen LogP contribution in [-0.4, -0.2) is 19.6 Å². The average molecular weight is 377 g/mol. The molecule has 2 aromatic heterocycles. The molecule has 2 heterocycles. The van der Waals surface area contributed by atoms with Gasteiger partial charge in [0.25, 0.3) is 5.78 Å². The van der Waals surface area contributed by atoms with Gasteiger partial charge < -0.3 is 0 Å². The van der Waals surface area contributed by atoms with Crippen LogP contribution >= 0.6 is 11.6 Å². The SMILES string of the molecule is Cc1cc(F)c(-c2c(Cl)nc3ncnn3c2C2CCC(C)CC2)c(F)c1. The lowest BCUT2D eigenvalue weighted by Crippen LogP contribution is -2.17. The number of aromatic nitrogens is 4. The molecule has 136 valence electrons. The molecule has 0 radical (unpaired) electrons. The summed E-state index contributed by atoms with van der Waals surface area (Å²) in [5, 5.41) is 4.31. The summed E-state index contributed by atoms with van der Waals surface area (Å²) in [6, 6.07) is 2.63. The second-order valence-electron chi connectivity index (χ2n) is 7.20. The van der Waals surface area contributed by atoms with Crippen LogP contribution in [-0.2, 0) is 0 Å². The number of benzene rings is 1. The van der Waals surface area contributed by atoms with E-state index in [1.54, 1.807) is 11.4 Å². The van der Waals surface area contributed by atoms with E-state index in [0.717, 1.165) is 25.7 Å². The lowest BCUT2D eigenvalue weighted by molar-refractivity contribution is 0.341. The Morgan fingerprint density at radius 1 is 1.08 bits per heavy atom. The van der Waals surface area contributed by atoms with Crippen LogP contribution in [0.5, 0.6) is 0 Å². The highest BCUT2D eigenvalue weighted by Crippen LogP contribution is 2.43. The number of aryl methyl sites for hydroxylation is 1. The first-order chi connectivity index (χ1) is 12.5. The number of hydrogen-bond acceptors (Lipinski definition) is 3. The van der Waals surface area contributed by atoms with Gasteiger partial charge in [0.2, 0.25) is 0 Å². The van der Waals surface area contributed by atoms with Gasteiger partial charge in [-0.2, -0.15) is 15.1 Å². The highest BCUT2D eigenvalue weighted by molar-refractivity contribution is 6.32. The second-order valence-corrected chi connectivity index (χ2v) is 7.55. The maximum absolute atomic E-state index is 14.7. The molecular formula is C19H19ClF2N4. The fraction of sp³-hybridized carbons (Fsp3) is 0.421. The topological polar surface area (TPSA) is 43.1 Å². The predicted octanol–water partition coefficient (Wildman–Crippen LogP) is 5.33. The van der Waals surface area contributed by atoms with Crippen molar-refractivity contribution < 1.29 is 8.78 Å². The van der Waals surface area contributed by atoms with Crippen LogP contribution in [0.4, 0.5) is 8.78 Å². The Labute approximate surface area is 155 Å². The molecule has 1 aliphatic carbocycles. The summed E-state index contributed by atoms with van der Waals surface area (Å²) in [6.07, 6.45) is 5.33. The molecule has 7 heteroatoms. The van der Waals surface area contributed by atoms with Gasteiger partial charge >= 0.3 is 0 Å². The molecular weight excluding hydrogens is 358 g/mol. The highest BCUT2D eigenvalue weighted by atomic mass is 35.5. The molecule has 0 spiro atoms. The summed E-state index contributed by atoms with van der Waals surface area (Å²) in [7, 11) is 0. The van der Waals surface area contributed by atoms with Crippen LogP contribution in [0.2, 0.25) is 5.15 Å². The fourth-order valence-electron chi connectivity index (χ4n) is 3.92. The van der Waals surface area contributed by atoms with E-state index >= 15 is 0 Å². The van der Waals surface area contributed by atoms with Crippen molar-refractivity contribution in [2.24, 2.45) is 5.92 Å². The van der Waals surface area contributed by atoms with E-state index in [1.165, 1.54) is 18.5 Å². The zero-order chi connectivity index (χ0) is 18.4. The Kier molecular flexibility index (Phi) is 4.39. The summed E-state index contributed by atoms with van der Waals surface area (Å²) >= 11 is 6.41. The second kappa shape index (κ2) is 6.58. The summed E-state index contributed by atoms with van der Waals surface area (Å²) in [4.78, 5) is 8.32. The summed E-state index contributed by atoms with van der Waals surface area (Å²) in [5.74, 6) is -0.190. The third kappa shape index (κ3) is 2.86. The smallest absolute Gasteiger partial charge is 0.206 e. The van der Waals surface area contributed by atoms with E-state index in [4.69, 9.17) is 11.6 Å². The van der Waals surface area contributed by atoms with Crippen molar-refractivity contribution in [2.75, 3.05) is 0 Å². The van der Waals surface area contributed by atoms with Gasteiger partial charge in [0.1, 0.15) is 23.1 Å². The molecule has 1 aromatic carbocycles. The van der Waals surface area contributed by atoms with Crippen LogP contribution in [0.1, 0.15) is 49.8 Å². The molecule has 1 fully saturated rings. The Morgan fingerprint density at radius 3 is 2.38 bits per heavy atom. The molecule has 0 amide bonds. The van der Waals surface area contributed by atoms with Crippen molar-refractivity contribution in [3.63, 3.8) is 0 Å². The van der Waals surface area contributed by atoms with Gasteiger partial charge in [-0.3, -0.25) is 0 Å². The van der Waals surface area contributed by atoms with Gasteiger partial charge in [-0.15, -0.1) is 0 Å². The third-order valence-corrected chi connectivity index (χ3v) is 5.53. The Balaban J connectivity index is 2.00. The summed E-state index contributed by atoms with van der Waals surface area (Å²) in [5.41, 5.74) is 1.37. The van der Waals surface area contributed by atoms with Crippen LogP contribution in [0.15, 0.2) is 18.5 Å². The van der Waals surface area contributed by atoms with Crippen LogP contribution in [0, 0.1) is 24.5 Å². The van der Waals surface area contributed by atoms with Crippen LogP contribution < -0.4 is 0 Å². The van der Waals surface area contributed by atoms with Crippen LogP contribution in [0.3, 0.4) is 0 Å². The minimum absolute atomic E-state index is 0.0563. The lowest BCUT2D eigenvalue weighted by atomic mass is 9.79. The number of rotatable bonds is 2. The van der Waals surface area contributed by atoms with Crippen molar-refractivity contribution in [3.05, 3.63) is 46.5 Å². The molecule has 0 atom stereocenters. The number of nitrogens with zero attached hydrogens (tertiary/aromatic N) is 4. The van der Waals surface area contributed by atoms with E-state index in [-0.39, 0.29) is 16.6 Å². The van der Waals surface area contributed by atoms with Gasteiger partial charge in [0.15, 0.2) is 0 Å². The quantitative estimate of drug-likeness (QED) is 0.568. The zero-order valence-corrected chi connectivity index (χ0v) is 15.4. The number of halogens is 3. The first-order valence-electron chi connectivity index (χ1n) is 8.81. The van der Waals surface area contributed by atoms with Crippen molar-refractivity contribution in [2.45, 2.75) is 45.4 Å². The average Bonchev–Trinajstić information content (AvgIpc) is 3.03. The van der Waals surface area contributed by atoms with Gasteiger partial charge in [-0.05, 0) is 43.4 Å². The van der Waals surface area contributed by atoms with Crippen molar-refractivity contribution in [1.29, 1.82) is 0 Å². The fourth-order valence-corrected chi connectivity index (χ4v) is 4.18. The molecule has 4 rings (SSSR count). The lowest BCUT2D eigenvalue weighted by Gasteiger charge is -2.28. The van der Waals surface area contributed by atoms with Gasteiger partial charge in [-0.1, -0.05) is 31.4 Å². The molecule has 3 aromatic rings. The monoisotopic (exact) mass is 376 g/mol. The highest BCUT2D eigenvalue weighted by Gasteiger charge is 2.30. The van der Waals surface area contributed by atoms with Crippen molar-refractivity contribution in [3.8, 4) is 11.1 Å². The molecule has 0 saturated heterocycles. The minimum Gasteiger partial charge on any atom is -0.206 e. The zero-order valence-electron chi connectivity index (χ0n) is 14.6. The third-order valence-electron chi connectivity index (χ3n) is 5.26. The van der Waals surface area contributed by atoms with E-state index in [9.17, 15) is 8.78 Å². The molecule has 1 saturated carbocycles. The van der Waals surface area contributed by atoms with Crippen molar-refractivity contribution >= 4 is 17.4 Å². The molecule has 0 unspecified atom stereocenters. The first kappa shape index (κ1) is 17.3. The molecule has 1 aliphatic rings. The Morgan fingerprint density at radius 2 is 1.73 bits per heavy atom. The van der Waals surface area contributed by atoms with Gasteiger partial charge in [0, 0.05) is 11.5 Å². The van der Waals surface area contributed by atoms with Gasteiger partial charge in [0.05, 0.1) is 11.3 Å². The minimum atomic E-state index is -0.643. The molecule has 0 bridgehead atoms. The molecule has 4 nitrogen and oxygen atoms in total. The van der Waals surface area contributed by atoms with Crippen molar-refractivity contribution in [1.82, 2.24) is 19.6 Å². The Hall–Kier alpha value is -2.08. The molecule has 26 heavy (non-hydrogen) atoms. The summed E-state index contributed by atoms with van der Waals surface area (Å²) in [6.45, 7) is 3.88.